The van der Waals surface area contributed by atoms with Crippen LogP contribution in [0.4, 0.5) is 0 Å². The van der Waals surface area contributed by atoms with E-state index in [2.05, 4.69) is 18.3 Å². The molecular weight excluding hydrogens is 200 g/mol. The van der Waals surface area contributed by atoms with Crippen molar-refractivity contribution in [1.82, 2.24) is 5.32 Å². The topological polar surface area (TPSA) is 52.9 Å². The molecule has 1 amide bonds. The molecule has 1 saturated carbocycles. The van der Waals surface area contributed by atoms with Crippen LogP contribution in [0.2, 0.25) is 0 Å². The third-order valence-electron chi connectivity index (χ3n) is 3.76. The van der Waals surface area contributed by atoms with E-state index in [0.717, 1.165) is 32.1 Å². The van der Waals surface area contributed by atoms with Crippen LogP contribution in [0.15, 0.2) is 0 Å². The van der Waals surface area contributed by atoms with E-state index >= 15 is 0 Å². The summed E-state index contributed by atoms with van der Waals surface area (Å²) in [4.78, 5) is 11.8. The number of nitrogens with zero attached hydrogens (tertiary/aromatic N) is 1. The molecule has 0 aromatic rings. The van der Waals surface area contributed by atoms with E-state index in [4.69, 9.17) is 0 Å². The van der Waals surface area contributed by atoms with Crippen molar-refractivity contribution >= 4 is 5.91 Å². The number of carbonyl (C=O) groups is 1. The van der Waals surface area contributed by atoms with Gasteiger partial charge in [0.1, 0.15) is 5.54 Å². The molecule has 0 aromatic heterocycles. The highest BCUT2D eigenvalue weighted by atomic mass is 16.2. The van der Waals surface area contributed by atoms with Gasteiger partial charge < -0.3 is 5.32 Å². The normalized spacial score (nSPS) is 31.5. The Bertz CT molecular complexity index is 285. The first-order valence-electron chi connectivity index (χ1n) is 6.26. The van der Waals surface area contributed by atoms with Crippen LogP contribution < -0.4 is 5.32 Å². The average Bonchev–Trinajstić information content (AvgIpc) is 2.31. The molecule has 0 aromatic carbocycles. The Morgan fingerprint density at radius 2 is 2.12 bits per heavy atom. The van der Waals surface area contributed by atoms with Crippen LogP contribution in [0, 0.1) is 23.2 Å². The smallest absolute Gasteiger partial charge is 0.224 e. The predicted octanol–water partition coefficient (Wildman–Crippen LogP) is 2.62. The van der Waals surface area contributed by atoms with Crippen LogP contribution in [-0.2, 0) is 4.79 Å². The summed E-state index contributed by atoms with van der Waals surface area (Å²) in [5, 5.41) is 12.2. The Kier molecular flexibility index (Phi) is 4.35. The molecule has 1 aliphatic rings. The monoisotopic (exact) mass is 222 g/mol. The Morgan fingerprint density at radius 1 is 1.56 bits per heavy atom. The van der Waals surface area contributed by atoms with Gasteiger partial charge in [-0.15, -0.1) is 0 Å². The van der Waals surface area contributed by atoms with Crippen molar-refractivity contribution in [2.75, 3.05) is 0 Å². The van der Waals surface area contributed by atoms with E-state index in [-0.39, 0.29) is 11.8 Å². The van der Waals surface area contributed by atoms with Gasteiger partial charge in [0.05, 0.1) is 6.07 Å². The molecule has 1 fully saturated rings. The van der Waals surface area contributed by atoms with Gasteiger partial charge in [0.25, 0.3) is 0 Å². The second-order valence-corrected chi connectivity index (χ2v) is 5.17. The SMILES string of the molecule is CCC(C)C(=O)NC1(C#N)CCC(C)CC1. The molecule has 3 nitrogen and oxygen atoms in total. The quantitative estimate of drug-likeness (QED) is 0.798. The zero-order chi connectivity index (χ0) is 12.2. The van der Waals surface area contributed by atoms with Crippen molar-refractivity contribution in [3.63, 3.8) is 0 Å². The Labute approximate surface area is 98.2 Å². The summed E-state index contributed by atoms with van der Waals surface area (Å²) in [6.07, 6.45) is 4.49. The fourth-order valence-electron chi connectivity index (χ4n) is 2.06. The summed E-state index contributed by atoms with van der Waals surface area (Å²) in [7, 11) is 0. The minimum absolute atomic E-state index is 0.00424. The zero-order valence-electron chi connectivity index (χ0n) is 10.5. The minimum Gasteiger partial charge on any atom is -0.338 e. The van der Waals surface area contributed by atoms with Gasteiger partial charge in [0.2, 0.25) is 5.91 Å². The highest BCUT2D eigenvalue weighted by Crippen LogP contribution is 2.31. The van der Waals surface area contributed by atoms with Crippen LogP contribution in [0.25, 0.3) is 0 Å². The van der Waals surface area contributed by atoms with Gasteiger partial charge in [-0.3, -0.25) is 4.79 Å². The van der Waals surface area contributed by atoms with Crippen molar-refractivity contribution in [2.24, 2.45) is 11.8 Å². The molecule has 0 heterocycles. The lowest BCUT2D eigenvalue weighted by Crippen LogP contribution is -2.51. The molecule has 0 radical (unpaired) electrons. The lowest BCUT2D eigenvalue weighted by atomic mass is 9.78. The first-order chi connectivity index (χ1) is 7.53. The standard InChI is InChI=1S/C13H22N2O/c1-4-11(3)12(16)15-13(9-14)7-5-10(2)6-8-13/h10-11H,4-8H2,1-3H3,(H,15,16). The number of nitrogens with one attached hydrogen (secondary N) is 1. The predicted molar refractivity (Wildman–Crippen MR) is 63.6 cm³/mol. The molecule has 16 heavy (non-hydrogen) atoms. The van der Waals surface area contributed by atoms with Crippen molar-refractivity contribution in [3.05, 3.63) is 0 Å². The summed E-state index contributed by atoms with van der Waals surface area (Å²) in [6, 6.07) is 2.32. The van der Waals surface area contributed by atoms with Crippen molar-refractivity contribution in [1.29, 1.82) is 5.26 Å². The van der Waals surface area contributed by atoms with E-state index < -0.39 is 5.54 Å². The molecule has 1 unspecified atom stereocenters. The maximum Gasteiger partial charge on any atom is 0.224 e. The van der Waals surface area contributed by atoms with Crippen molar-refractivity contribution in [2.45, 2.75) is 58.4 Å². The third-order valence-corrected chi connectivity index (χ3v) is 3.76. The fraction of sp³-hybridized carbons (Fsp3) is 0.846. The molecule has 3 heteroatoms. The molecule has 1 aliphatic carbocycles. The molecule has 0 saturated heterocycles. The second-order valence-electron chi connectivity index (χ2n) is 5.17. The lowest BCUT2D eigenvalue weighted by molar-refractivity contribution is -0.126. The minimum atomic E-state index is -0.590. The van der Waals surface area contributed by atoms with Gasteiger partial charge in [0.15, 0.2) is 0 Å². The third kappa shape index (κ3) is 2.98. The van der Waals surface area contributed by atoms with E-state index in [1.807, 2.05) is 13.8 Å². The van der Waals surface area contributed by atoms with Gasteiger partial charge in [0, 0.05) is 5.92 Å². The number of carbonyl (C=O) groups excluding carboxylic acids is 1. The number of hydrogen-bond donors (Lipinski definition) is 1. The van der Waals surface area contributed by atoms with Crippen molar-refractivity contribution < 1.29 is 4.79 Å². The Hall–Kier alpha value is -1.04. The summed E-state index contributed by atoms with van der Waals surface area (Å²) in [5.41, 5.74) is -0.590. The molecular formula is C13H22N2O. The van der Waals surface area contributed by atoms with Gasteiger partial charge >= 0.3 is 0 Å². The van der Waals surface area contributed by atoms with E-state index in [1.54, 1.807) is 0 Å². The summed E-state index contributed by atoms with van der Waals surface area (Å²) in [6.45, 7) is 6.11. The summed E-state index contributed by atoms with van der Waals surface area (Å²) < 4.78 is 0. The number of hydrogen-bond acceptors (Lipinski definition) is 2. The molecule has 1 rings (SSSR count). The molecule has 90 valence electrons. The van der Waals surface area contributed by atoms with Crippen LogP contribution >= 0.6 is 0 Å². The van der Waals surface area contributed by atoms with Gasteiger partial charge in [-0.1, -0.05) is 20.8 Å². The van der Waals surface area contributed by atoms with Crippen LogP contribution in [0.1, 0.15) is 52.9 Å². The number of rotatable bonds is 3. The first kappa shape index (κ1) is 13.0. The molecule has 0 bridgehead atoms. The highest BCUT2D eigenvalue weighted by Gasteiger charge is 2.36. The van der Waals surface area contributed by atoms with Crippen LogP contribution in [-0.4, -0.2) is 11.4 Å². The van der Waals surface area contributed by atoms with Gasteiger partial charge in [-0.05, 0) is 38.0 Å². The van der Waals surface area contributed by atoms with Crippen LogP contribution in [0.3, 0.4) is 0 Å². The van der Waals surface area contributed by atoms with E-state index in [0.29, 0.717) is 5.92 Å². The number of nitriles is 1. The zero-order valence-corrected chi connectivity index (χ0v) is 10.5. The van der Waals surface area contributed by atoms with Crippen molar-refractivity contribution in [3.8, 4) is 6.07 Å². The lowest BCUT2D eigenvalue weighted by Gasteiger charge is -2.35. The molecule has 0 spiro atoms. The molecule has 1 N–H and O–H groups in total. The van der Waals surface area contributed by atoms with Gasteiger partial charge in [-0.25, -0.2) is 0 Å². The maximum atomic E-state index is 11.8. The average molecular weight is 222 g/mol. The second kappa shape index (κ2) is 5.34. The van der Waals surface area contributed by atoms with Crippen LogP contribution in [0.5, 0.6) is 0 Å². The Morgan fingerprint density at radius 3 is 2.56 bits per heavy atom. The number of amides is 1. The first-order valence-corrected chi connectivity index (χ1v) is 6.26. The molecule has 0 aliphatic heterocycles. The Balaban J connectivity index is 2.62. The fourth-order valence-corrected chi connectivity index (χ4v) is 2.06. The van der Waals surface area contributed by atoms with E-state index in [9.17, 15) is 10.1 Å². The van der Waals surface area contributed by atoms with Gasteiger partial charge in [-0.2, -0.15) is 5.26 Å². The maximum absolute atomic E-state index is 11.8. The summed E-state index contributed by atoms with van der Waals surface area (Å²) >= 11 is 0. The summed E-state index contributed by atoms with van der Waals surface area (Å²) in [5.74, 6) is 0.713. The largest absolute Gasteiger partial charge is 0.338 e. The highest BCUT2D eigenvalue weighted by molar-refractivity contribution is 5.79. The molecule has 1 atom stereocenters. The van der Waals surface area contributed by atoms with E-state index in [1.165, 1.54) is 0 Å².